The number of nitrogens with zero attached hydrogens (tertiary/aromatic N) is 1. The molecule has 1 aliphatic carbocycles. The molecule has 4 nitrogen and oxygen atoms in total. The fourth-order valence-electron chi connectivity index (χ4n) is 2.14. The molecule has 1 saturated carbocycles. The first-order valence-electron chi connectivity index (χ1n) is 5.35. The highest BCUT2D eigenvalue weighted by atomic mass is 16.4. The molecule has 1 heterocycles. The molecule has 1 fully saturated rings. The van der Waals surface area contributed by atoms with Gasteiger partial charge in [-0.15, -0.1) is 0 Å². The second-order valence-corrected chi connectivity index (χ2v) is 4.38. The van der Waals surface area contributed by atoms with Gasteiger partial charge in [-0.3, -0.25) is 4.79 Å². The molecule has 1 aliphatic rings. The summed E-state index contributed by atoms with van der Waals surface area (Å²) in [5.74, 6) is -0.0796. The van der Waals surface area contributed by atoms with Gasteiger partial charge in [-0.1, -0.05) is 12.1 Å². The lowest BCUT2D eigenvalue weighted by Gasteiger charge is -1.90. The Morgan fingerprint density at radius 1 is 1.56 bits per heavy atom. The number of nitrogens with one attached hydrogen (secondary N) is 1. The van der Waals surface area contributed by atoms with Crippen molar-refractivity contribution in [2.75, 3.05) is 0 Å². The highest BCUT2D eigenvalue weighted by Gasteiger charge is 2.46. The van der Waals surface area contributed by atoms with Crippen LogP contribution in [0.15, 0.2) is 18.2 Å². The Morgan fingerprint density at radius 3 is 3.00 bits per heavy atom. The molecule has 0 spiro atoms. The summed E-state index contributed by atoms with van der Waals surface area (Å²) in [5, 5.41) is 8.87. The summed E-state index contributed by atoms with van der Waals surface area (Å²) < 4.78 is 0. The van der Waals surface area contributed by atoms with Crippen LogP contribution in [0.3, 0.4) is 0 Å². The van der Waals surface area contributed by atoms with Gasteiger partial charge in [0.2, 0.25) is 0 Å². The monoisotopic (exact) mass is 216 g/mol. The fourth-order valence-corrected chi connectivity index (χ4v) is 2.14. The van der Waals surface area contributed by atoms with Crippen LogP contribution in [0.25, 0.3) is 11.0 Å². The third kappa shape index (κ3) is 1.30. The summed E-state index contributed by atoms with van der Waals surface area (Å²) in [6.45, 7) is 2.01. The molecule has 0 saturated heterocycles. The zero-order valence-corrected chi connectivity index (χ0v) is 8.90. The Hall–Kier alpha value is -1.84. The Morgan fingerprint density at radius 2 is 2.38 bits per heavy atom. The van der Waals surface area contributed by atoms with Gasteiger partial charge in [0.25, 0.3) is 0 Å². The average Bonchev–Trinajstić information content (AvgIpc) is 2.92. The van der Waals surface area contributed by atoms with E-state index in [-0.39, 0.29) is 11.8 Å². The molecule has 0 bridgehead atoms. The predicted octanol–water partition coefficient (Wildman–Crippen LogP) is 2.06. The van der Waals surface area contributed by atoms with E-state index < -0.39 is 5.97 Å². The van der Waals surface area contributed by atoms with E-state index in [2.05, 4.69) is 9.97 Å². The summed E-state index contributed by atoms with van der Waals surface area (Å²) in [6.07, 6.45) is 0.703. The molecule has 0 unspecified atom stereocenters. The van der Waals surface area contributed by atoms with Crippen LogP contribution in [0.5, 0.6) is 0 Å². The number of aliphatic carboxylic acids is 1. The number of hydrogen-bond donors (Lipinski definition) is 2. The van der Waals surface area contributed by atoms with Gasteiger partial charge in [-0.05, 0) is 25.0 Å². The molecule has 4 heteroatoms. The van der Waals surface area contributed by atoms with Crippen LogP contribution in [0.2, 0.25) is 0 Å². The minimum Gasteiger partial charge on any atom is -0.481 e. The van der Waals surface area contributed by atoms with Gasteiger partial charge in [-0.2, -0.15) is 0 Å². The molecule has 1 aromatic heterocycles. The van der Waals surface area contributed by atoms with Crippen molar-refractivity contribution in [1.29, 1.82) is 0 Å². The van der Waals surface area contributed by atoms with Gasteiger partial charge >= 0.3 is 5.97 Å². The Bertz CT molecular complexity index is 573. The van der Waals surface area contributed by atoms with E-state index in [1.165, 1.54) is 0 Å². The number of fused-ring (bicyclic) bond motifs is 1. The van der Waals surface area contributed by atoms with E-state index in [9.17, 15) is 4.79 Å². The Labute approximate surface area is 92.3 Å². The van der Waals surface area contributed by atoms with E-state index >= 15 is 0 Å². The maximum Gasteiger partial charge on any atom is 0.307 e. The van der Waals surface area contributed by atoms with E-state index in [0.29, 0.717) is 6.42 Å². The smallest absolute Gasteiger partial charge is 0.307 e. The molecular weight excluding hydrogens is 204 g/mol. The summed E-state index contributed by atoms with van der Waals surface area (Å²) >= 11 is 0. The third-order valence-electron chi connectivity index (χ3n) is 3.19. The summed E-state index contributed by atoms with van der Waals surface area (Å²) in [6, 6.07) is 5.95. The zero-order chi connectivity index (χ0) is 11.3. The lowest BCUT2D eigenvalue weighted by molar-refractivity contribution is -0.138. The van der Waals surface area contributed by atoms with Gasteiger partial charge in [0.15, 0.2) is 0 Å². The minimum atomic E-state index is -0.720. The number of imidazole rings is 1. The molecular formula is C12H12N2O2. The Kier molecular flexibility index (Phi) is 1.80. The van der Waals surface area contributed by atoms with Crippen molar-refractivity contribution in [3.8, 4) is 0 Å². The summed E-state index contributed by atoms with van der Waals surface area (Å²) in [4.78, 5) is 18.5. The van der Waals surface area contributed by atoms with Crippen molar-refractivity contribution in [1.82, 2.24) is 9.97 Å². The molecule has 2 aromatic rings. The third-order valence-corrected chi connectivity index (χ3v) is 3.19. The van der Waals surface area contributed by atoms with Gasteiger partial charge < -0.3 is 10.1 Å². The van der Waals surface area contributed by atoms with Gasteiger partial charge in [-0.25, -0.2) is 4.98 Å². The molecule has 0 amide bonds. The fraction of sp³-hybridized carbons (Fsp3) is 0.333. The number of para-hydroxylation sites is 1. The number of aromatic amines is 1. The van der Waals surface area contributed by atoms with E-state index in [4.69, 9.17) is 5.11 Å². The van der Waals surface area contributed by atoms with Crippen molar-refractivity contribution in [2.24, 2.45) is 5.92 Å². The predicted molar refractivity (Wildman–Crippen MR) is 59.3 cm³/mol. The molecule has 1 aromatic carbocycles. The zero-order valence-electron chi connectivity index (χ0n) is 8.90. The summed E-state index contributed by atoms with van der Waals surface area (Å²) in [5.41, 5.74) is 3.06. The first-order chi connectivity index (χ1) is 7.66. The number of carboxylic acid groups (broad SMARTS) is 1. The molecule has 2 atom stereocenters. The van der Waals surface area contributed by atoms with E-state index in [0.717, 1.165) is 22.4 Å². The maximum atomic E-state index is 10.8. The van der Waals surface area contributed by atoms with Crippen LogP contribution in [0.1, 0.15) is 23.7 Å². The number of aromatic nitrogens is 2. The SMILES string of the molecule is Cc1cccc2[nH]c([C@H]3C[C@H]3C(=O)O)nc12. The molecule has 0 aliphatic heterocycles. The maximum absolute atomic E-state index is 10.8. The van der Waals surface area contributed by atoms with Crippen molar-refractivity contribution >= 4 is 17.0 Å². The number of rotatable bonds is 2. The lowest BCUT2D eigenvalue weighted by Crippen LogP contribution is -1.99. The van der Waals surface area contributed by atoms with Crippen LogP contribution in [0.4, 0.5) is 0 Å². The van der Waals surface area contributed by atoms with Crippen LogP contribution >= 0.6 is 0 Å². The second-order valence-electron chi connectivity index (χ2n) is 4.38. The number of benzene rings is 1. The molecule has 3 rings (SSSR count). The number of carboxylic acids is 1. The largest absolute Gasteiger partial charge is 0.481 e. The Balaban J connectivity index is 2.01. The topological polar surface area (TPSA) is 66.0 Å². The highest BCUT2D eigenvalue weighted by molar-refractivity contribution is 5.80. The number of H-pyrrole nitrogens is 1. The van der Waals surface area contributed by atoms with Crippen LogP contribution in [0, 0.1) is 12.8 Å². The van der Waals surface area contributed by atoms with Gasteiger partial charge in [0.05, 0.1) is 17.0 Å². The van der Waals surface area contributed by atoms with Crippen LogP contribution in [-0.2, 0) is 4.79 Å². The molecule has 0 radical (unpaired) electrons. The molecule has 2 N–H and O–H groups in total. The molecule has 82 valence electrons. The quantitative estimate of drug-likeness (QED) is 0.807. The van der Waals surface area contributed by atoms with Gasteiger partial charge in [0.1, 0.15) is 5.82 Å². The first kappa shape index (κ1) is 9.39. The van der Waals surface area contributed by atoms with Crippen molar-refractivity contribution < 1.29 is 9.90 Å². The van der Waals surface area contributed by atoms with Gasteiger partial charge in [0, 0.05) is 5.92 Å². The van der Waals surface area contributed by atoms with Crippen molar-refractivity contribution in [2.45, 2.75) is 19.3 Å². The number of carbonyl (C=O) groups is 1. The highest BCUT2D eigenvalue weighted by Crippen LogP contribution is 2.46. The number of aryl methyl sites for hydroxylation is 1. The van der Waals surface area contributed by atoms with Crippen molar-refractivity contribution in [3.63, 3.8) is 0 Å². The normalized spacial score (nSPS) is 23.6. The van der Waals surface area contributed by atoms with Crippen LogP contribution < -0.4 is 0 Å². The molecule has 16 heavy (non-hydrogen) atoms. The first-order valence-corrected chi connectivity index (χ1v) is 5.35. The minimum absolute atomic E-state index is 0.0734. The standard InChI is InChI=1S/C12H12N2O2/c1-6-3-2-4-9-10(6)14-11(13-9)7-5-8(7)12(15)16/h2-4,7-8H,5H2,1H3,(H,13,14)(H,15,16)/t7-,8+/m0/s1. The van der Waals surface area contributed by atoms with E-state index in [1.54, 1.807) is 0 Å². The second kappa shape index (κ2) is 3.07. The average molecular weight is 216 g/mol. The number of hydrogen-bond acceptors (Lipinski definition) is 2. The summed E-state index contributed by atoms with van der Waals surface area (Å²) in [7, 11) is 0. The van der Waals surface area contributed by atoms with Crippen LogP contribution in [-0.4, -0.2) is 21.0 Å². The lowest BCUT2D eigenvalue weighted by atomic mass is 10.2. The van der Waals surface area contributed by atoms with Crippen molar-refractivity contribution in [3.05, 3.63) is 29.6 Å². The van der Waals surface area contributed by atoms with E-state index in [1.807, 2.05) is 25.1 Å².